The number of esters is 1. The van der Waals surface area contributed by atoms with Gasteiger partial charge in [0.15, 0.2) is 0 Å². The number of hydrogen-bond donors (Lipinski definition) is 0. The van der Waals surface area contributed by atoms with Crippen LogP contribution in [-0.4, -0.2) is 40.7 Å². The summed E-state index contributed by atoms with van der Waals surface area (Å²) in [7, 11) is 0. The summed E-state index contributed by atoms with van der Waals surface area (Å²) < 4.78 is 5.24. The number of likely N-dealkylation sites (tertiary alicyclic amines) is 1. The predicted molar refractivity (Wildman–Crippen MR) is 61.3 cm³/mol. The highest BCUT2D eigenvalue weighted by atomic mass is 16.6. The van der Waals surface area contributed by atoms with Crippen LogP contribution in [0.2, 0.25) is 0 Å². The van der Waals surface area contributed by atoms with Gasteiger partial charge in [0.25, 0.3) is 5.91 Å². The Bertz CT molecular complexity index is 343. The lowest BCUT2D eigenvalue weighted by molar-refractivity contribution is -0.163. The van der Waals surface area contributed by atoms with Gasteiger partial charge in [0.05, 0.1) is 0 Å². The molecule has 1 saturated heterocycles. The quantitative estimate of drug-likeness (QED) is 0.532. The van der Waals surface area contributed by atoms with Gasteiger partial charge in [-0.2, -0.15) is 0 Å². The third-order valence-electron chi connectivity index (χ3n) is 2.49. The predicted octanol–water partition coefficient (Wildman–Crippen LogP) is 0.908. The van der Waals surface area contributed by atoms with Crippen LogP contribution in [0.4, 0.5) is 0 Å². The van der Waals surface area contributed by atoms with Gasteiger partial charge >= 0.3 is 5.97 Å². The maximum absolute atomic E-state index is 11.9. The van der Waals surface area contributed by atoms with Crippen LogP contribution in [0, 0.1) is 0 Å². The number of hydrogen-bond acceptors (Lipinski definition) is 4. The molecule has 0 bridgehead atoms. The molecule has 5 heteroatoms. The van der Waals surface area contributed by atoms with Crippen LogP contribution < -0.4 is 0 Å². The van der Waals surface area contributed by atoms with E-state index in [0.29, 0.717) is 13.0 Å². The normalized spacial score (nSPS) is 20.2. The first kappa shape index (κ1) is 13.7. The molecule has 1 aliphatic rings. The first-order chi connectivity index (χ1) is 7.72. The van der Waals surface area contributed by atoms with E-state index >= 15 is 0 Å². The summed E-state index contributed by atoms with van der Waals surface area (Å²) >= 11 is 0. The van der Waals surface area contributed by atoms with E-state index in [4.69, 9.17) is 4.74 Å². The molecule has 0 saturated carbocycles. The highest BCUT2D eigenvalue weighted by molar-refractivity contribution is 6.35. The molecule has 0 aromatic carbocycles. The molecule has 0 aromatic rings. The first-order valence-electron chi connectivity index (χ1n) is 5.77. The van der Waals surface area contributed by atoms with E-state index in [-0.39, 0.29) is 0 Å². The third-order valence-corrected chi connectivity index (χ3v) is 2.49. The number of ketones is 1. The minimum Gasteiger partial charge on any atom is -0.458 e. The van der Waals surface area contributed by atoms with Crippen molar-refractivity contribution >= 4 is 17.7 Å². The molecule has 0 unspecified atom stereocenters. The van der Waals surface area contributed by atoms with Crippen molar-refractivity contribution in [2.24, 2.45) is 0 Å². The van der Waals surface area contributed by atoms with Crippen molar-refractivity contribution in [3.63, 3.8) is 0 Å². The van der Waals surface area contributed by atoms with E-state index in [9.17, 15) is 14.4 Å². The van der Waals surface area contributed by atoms with Crippen LogP contribution in [0.3, 0.4) is 0 Å². The Morgan fingerprint density at radius 2 is 1.82 bits per heavy atom. The Labute approximate surface area is 101 Å². The summed E-state index contributed by atoms with van der Waals surface area (Å²) in [5.41, 5.74) is -0.579. The lowest BCUT2D eigenvalue weighted by atomic mass is 10.1. The van der Waals surface area contributed by atoms with E-state index in [1.165, 1.54) is 11.8 Å². The number of ether oxygens (including phenoxy) is 1. The fourth-order valence-electron chi connectivity index (χ4n) is 1.83. The van der Waals surface area contributed by atoms with Crippen LogP contribution in [0.5, 0.6) is 0 Å². The van der Waals surface area contributed by atoms with E-state index in [1.54, 1.807) is 20.8 Å². The van der Waals surface area contributed by atoms with Gasteiger partial charge in [0, 0.05) is 13.5 Å². The summed E-state index contributed by atoms with van der Waals surface area (Å²) in [5.74, 6) is -1.57. The third kappa shape index (κ3) is 3.54. The van der Waals surface area contributed by atoms with Gasteiger partial charge in [-0.1, -0.05) is 0 Å². The molecule has 1 rings (SSSR count). The van der Waals surface area contributed by atoms with E-state index < -0.39 is 29.3 Å². The second-order valence-electron chi connectivity index (χ2n) is 5.25. The molecule has 0 spiro atoms. The van der Waals surface area contributed by atoms with Crippen LogP contribution in [-0.2, 0) is 19.1 Å². The largest absolute Gasteiger partial charge is 0.458 e. The molecule has 5 nitrogen and oxygen atoms in total. The molecular formula is C12H19NO4. The smallest absolute Gasteiger partial charge is 0.329 e. The SMILES string of the molecule is CC(=O)C(=O)N1CCC[C@@H]1C(=O)OC(C)(C)C. The molecule has 0 aromatic heterocycles. The molecule has 17 heavy (non-hydrogen) atoms. The molecular weight excluding hydrogens is 222 g/mol. The molecule has 0 radical (unpaired) electrons. The highest BCUT2D eigenvalue weighted by Gasteiger charge is 2.37. The van der Waals surface area contributed by atoms with Gasteiger partial charge in [-0.15, -0.1) is 0 Å². The number of amides is 1. The van der Waals surface area contributed by atoms with Gasteiger partial charge in [-0.25, -0.2) is 4.79 Å². The van der Waals surface area contributed by atoms with Crippen molar-refractivity contribution < 1.29 is 19.1 Å². The van der Waals surface area contributed by atoms with Crippen molar-refractivity contribution in [1.29, 1.82) is 0 Å². The van der Waals surface area contributed by atoms with Crippen molar-refractivity contribution in [3.05, 3.63) is 0 Å². The zero-order valence-electron chi connectivity index (χ0n) is 10.8. The summed E-state index contributed by atoms with van der Waals surface area (Å²) in [4.78, 5) is 35.8. The van der Waals surface area contributed by atoms with Crippen LogP contribution in [0.25, 0.3) is 0 Å². The van der Waals surface area contributed by atoms with E-state index in [0.717, 1.165) is 6.42 Å². The maximum atomic E-state index is 11.9. The van der Waals surface area contributed by atoms with Gasteiger partial charge in [0.1, 0.15) is 11.6 Å². The Morgan fingerprint density at radius 1 is 1.24 bits per heavy atom. The maximum Gasteiger partial charge on any atom is 0.329 e. The topological polar surface area (TPSA) is 63.7 Å². The van der Waals surface area contributed by atoms with Crippen molar-refractivity contribution in [1.82, 2.24) is 4.90 Å². The van der Waals surface area contributed by atoms with Crippen molar-refractivity contribution in [3.8, 4) is 0 Å². The molecule has 0 N–H and O–H groups in total. The number of rotatable bonds is 2. The lowest BCUT2D eigenvalue weighted by Crippen LogP contribution is -2.45. The minimum absolute atomic E-state index is 0.426. The fraction of sp³-hybridized carbons (Fsp3) is 0.750. The van der Waals surface area contributed by atoms with Crippen LogP contribution in [0.15, 0.2) is 0 Å². The molecule has 1 heterocycles. The molecule has 1 atom stereocenters. The summed E-state index contributed by atoms with van der Waals surface area (Å²) in [6, 6.07) is -0.606. The Kier molecular flexibility index (Phi) is 3.91. The highest BCUT2D eigenvalue weighted by Crippen LogP contribution is 2.21. The Morgan fingerprint density at radius 3 is 2.29 bits per heavy atom. The van der Waals surface area contributed by atoms with E-state index in [2.05, 4.69) is 0 Å². The number of nitrogens with zero attached hydrogens (tertiary/aromatic N) is 1. The number of Topliss-reactive ketones (excluding diaryl/α,β-unsaturated/α-hetero) is 1. The molecule has 1 aliphatic heterocycles. The summed E-state index contributed by atoms with van der Waals surface area (Å²) in [6.07, 6.45) is 1.29. The van der Waals surface area contributed by atoms with Gasteiger partial charge in [-0.3, -0.25) is 9.59 Å². The second kappa shape index (κ2) is 4.85. The number of carbonyl (C=O) groups is 3. The summed E-state index contributed by atoms with van der Waals surface area (Å²) in [5, 5.41) is 0. The zero-order valence-corrected chi connectivity index (χ0v) is 10.8. The average molecular weight is 241 g/mol. The molecule has 1 fully saturated rings. The molecule has 1 amide bonds. The van der Waals surface area contributed by atoms with Crippen LogP contribution >= 0.6 is 0 Å². The zero-order chi connectivity index (χ0) is 13.2. The van der Waals surface area contributed by atoms with Crippen molar-refractivity contribution in [2.75, 3.05) is 6.54 Å². The lowest BCUT2D eigenvalue weighted by Gasteiger charge is -2.26. The Balaban J connectivity index is 2.73. The molecule has 96 valence electrons. The van der Waals surface area contributed by atoms with Crippen molar-refractivity contribution in [2.45, 2.75) is 52.2 Å². The first-order valence-corrected chi connectivity index (χ1v) is 5.77. The van der Waals surface area contributed by atoms with E-state index in [1.807, 2.05) is 0 Å². The van der Waals surface area contributed by atoms with Gasteiger partial charge in [-0.05, 0) is 33.6 Å². The van der Waals surface area contributed by atoms with Crippen LogP contribution in [0.1, 0.15) is 40.5 Å². The molecule has 0 aliphatic carbocycles. The second-order valence-corrected chi connectivity index (χ2v) is 5.25. The fourth-order valence-corrected chi connectivity index (χ4v) is 1.83. The number of carbonyl (C=O) groups excluding carboxylic acids is 3. The van der Waals surface area contributed by atoms with Gasteiger partial charge < -0.3 is 9.64 Å². The standard InChI is InChI=1S/C12H19NO4/c1-8(14)10(15)13-7-5-6-9(13)11(16)17-12(2,3)4/h9H,5-7H2,1-4H3/t9-/m1/s1. The van der Waals surface area contributed by atoms with Gasteiger partial charge in [0.2, 0.25) is 5.78 Å². The minimum atomic E-state index is -0.606. The monoisotopic (exact) mass is 241 g/mol. The average Bonchev–Trinajstić information content (AvgIpc) is 2.61. The summed E-state index contributed by atoms with van der Waals surface area (Å²) in [6.45, 7) is 6.99. The Hall–Kier alpha value is -1.39.